The molecule has 1 aliphatic carbocycles. The number of aliphatic imine (C=N–C) groups is 1. The number of guanidine groups is 1. The van der Waals surface area contributed by atoms with E-state index in [1.54, 1.807) is 11.8 Å². The van der Waals surface area contributed by atoms with Crippen LogP contribution in [0.15, 0.2) is 4.99 Å². The van der Waals surface area contributed by atoms with Crippen LogP contribution in [0.1, 0.15) is 38.5 Å². The lowest BCUT2D eigenvalue weighted by atomic mass is 9.96. The van der Waals surface area contributed by atoms with Gasteiger partial charge in [-0.3, -0.25) is 4.99 Å². The van der Waals surface area contributed by atoms with E-state index in [0.29, 0.717) is 18.5 Å². The van der Waals surface area contributed by atoms with Crippen LogP contribution in [-0.4, -0.2) is 40.8 Å². The third-order valence-corrected chi connectivity index (χ3v) is 4.82. The van der Waals surface area contributed by atoms with Gasteiger partial charge in [-0.25, -0.2) is 0 Å². The highest BCUT2D eigenvalue weighted by atomic mass is 32.2. The molecule has 17 heavy (non-hydrogen) atoms. The monoisotopic (exact) mass is 257 g/mol. The molecule has 1 aliphatic heterocycles. The fourth-order valence-corrected chi connectivity index (χ4v) is 3.74. The lowest BCUT2D eigenvalue weighted by Gasteiger charge is -2.24. The fraction of sp³-hybridized carbons (Fsp3) is 0.917. The molecular weight excluding hydrogens is 234 g/mol. The molecule has 2 aliphatic rings. The summed E-state index contributed by atoms with van der Waals surface area (Å²) in [6, 6.07) is 0.486. The summed E-state index contributed by atoms with van der Waals surface area (Å²) in [5.41, 5.74) is 5.24. The Hall–Kier alpha value is -0.420. The molecule has 0 aromatic heterocycles. The first-order chi connectivity index (χ1) is 8.18. The van der Waals surface area contributed by atoms with Gasteiger partial charge in [-0.05, 0) is 25.0 Å². The molecule has 98 valence electrons. The maximum Gasteiger partial charge on any atom is 0.188 e. The lowest BCUT2D eigenvalue weighted by Crippen LogP contribution is -2.42. The van der Waals surface area contributed by atoms with Crippen molar-refractivity contribution in [2.45, 2.75) is 50.2 Å². The van der Waals surface area contributed by atoms with Gasteiger partial charge in [-0.1, -0.05) is 19.3 Å². The van der Waals surface area contributed by atoms with Crippen molar-refractivity contribution in [3.05, 3.63) is 0 Å². The van der Waals surface area contributed by atoms with Gasteiger partial charge in [0.25, 0.3) is 0 Å². The number of nitrogens with one attached hydrogen (secondary N) is 1. The van der Waals surface area contributed by atoms with Crippen LogP contribution >= 0.6 is 11.8 Å². The first-order valence-electron chi connectivity index (χ1n) is 6.55. The highest BCUT2D eigenvalue weighted by molar-refractivity contribution is 7.99. The number of rotatable bonds is 3. The molecule has 0 spiro atoms. The number of nitrogens with zero attached hydrogens (tertiary/aromatic N) is 1. The van der Waals surface area contributed by atoms with Crippen LogP contribution in [0.25, 0.3) is 0 Å². The zero-order valence-electron chi connectivity index (χ0n) is 10.3. The minimum atomic E-state index is -0.621. The minimum Gasteiger partial charge on any atom is -0.387 e. The van der Waals surface area contributed by atoms with E-state index in [4.69, 9.17) is 5.73 Å². The van der Waals surface area contributed by atoms with Crippen LogP contribution in [-0.2, 0) is 0 Å². The molecule has 2 rings (SSSR count). The Labute approximate surface area is 107 Å². The van der Waals surface area contributed by atoms with E-state index >= 15 is 0 Å². The second-order valence-electron chi connectivity index (χ2n) is 5.21. The Morgan fingerprint density at radius 3 is 2.82 bits per heavy atom. The molecule has 0 aromatic rings. The molecule has 1 saturated carbocycles. The van der Waals surface area contributed by atoms with Crippen LogP contribution in [0.3, 0.4) is 0 Å². The molecule has 1 unspecified atom stereocenters. The number of hydrogen-bond donors (Lipinski definition) is 3. The standard InChI is InChI=1S/C12H23N3OS/c13-11(15-10-4-2-1-3-5-10)14-8-12(16)6-7-17-9-12/h10,16H,1-9H2,(H3,13,14,15). The average molecular weight is 257 g/mol. The molecule has 0 aromatic carbocycles. The predicted octanol–water partition coefficient (Wildman–Crippen LogP) is 1.09. The molecule has 1 heterocycles. The Morgan fingerprint density at radius 2 is 2.18 bits per heavy atom. The summed E-state index contributed by atoms with van der Waals surface area (Å²) in [5, 5.41) is 13.4. The fourth-order valence-electron chi connectivity index (χ4n) is 2.46. The van der Waals surface area contributed by atoms with E-state index < -0.39 is 5.60 Å². The summed E-state index contributed by atoms with van der Waals surface area (Å²) in [5.74, 6) is 2.32. The van der Waals surface area contributed by atoms with Gasteiger partial charge in [0.2, 0.25) is 0 Å². The molecular formula is C12H23N3OS. The smallest absolute Gasteiger partial charge is 0.188 e. The van der Waals surface area contributed by atoms with E-state index in [-0.39, 0.29) is 0 Å². The van der Waals surface area contributed by atoms with E-state index in [2.05, 4.69) is 10.3 Å². The van der Waals surface area contributed by atoms with Crippen LogP contribution in [0.2, 0.25) is 0 Å². The maximum atomic E-state index is 10.1. The van der Waals surface area contributed by atoms with Gasteiger partial charge in [-0.15, -0.1) is 0 Å². The van der Waals surface area contributed by atoms with Crippen molar-refractivity contribution in [1.29, 1.82) is 0 Å². The minimum absolute atomic E-state index is 0.436. The number of aliphatic hydroxyl groups is 1. The van der Waals surface area contributed by atoms with E-state index in [0.717, 1.165) is 17.9 Å². The topological polar surface area (TPSA) is 70.6 Å². The third kappa shape index (κ3) is 4.07. The van der Waals surface area contributed by atoms with Crippen molar-refractivity contribution < 1.29 is 5.11 Å². The molecule has 4 nitrogen and oxygen atoms in total. The molecule has 0 bridgehead atoms. The lowest BCUT2D eigenvalue weighted by molar-refractivity contribution is 0.0779. The van der Waals surface area contributed by atoms with Crippen molar-refractivity contribution in [2.24, 2.45) is 10.7 Å². The largest absolute Gasteiger partial charge is 0.387 e. The highest BCUT2D eigenvalue weighted by Gasteiger charge is 2.31. The Kier molecular flexibility index (Phi) is 4.56. The molecule has 0 amide bonds. The Bertz CT molecular complexity index is 271. The van der Waals surface area contributed by atoms with Gasteiger partial charge in [0.05, 0.1) is 12.1 Å². The zero-order chi connectivity index (χ0) is 12.1. The average Bonchev–Trinajstić information content (AvgIpc) is 2.76. The van der Waals surface area contributed by atoms with Crippen molar-refractivity contribution in [1.82, 2.24) is 5.32 Å². The van der Waals surface area contributed by atoms with Gasteiger partial charge < -0.3 is 16.2 Å². The summed E-state index contributed by atoms with van der Waals surface area (Å²) < 4.78 is 0. The molecule has 5 heteroatoms. The summed E-state index contributed by atoms with van der Waals surface area (Å²) in [6.45, 7) is 0.436. The van der Waals surface area contributed by atoms with Gasteiger partial charge in [-0.2, -0.15) is 11.8 Å². The van der Waals surface area contributed by atoms with E-state index in [1.807, 2.05) is 0 Å². The highest BCUT2D eigenvalue weighted by Crippen LogP contribution is 2.27. The normalized spacial score (nSPS) is 31.7. The van der Waals surface area contributed by atoms with Crippen molar-refractivity contribution in [3.63, 3.8) is 0 Å². The second kappa shape index (κ2) is 5.96. The number of nitrogens with two attached hydrogens (primary N) is 1. The Balaban J connectivity index is 1.76. The van der Waals surface area contributed by atoms with Crippen LogP contribution in [0.4, 0.5) is 0 Å². The van der Waals surface area contributed by atoms with Gasteiger partial charge in [0, 0.05) is 11.8 Å². The van der Waals surface area contributed by atoms with Crippen molar-refractivity contribution in [3.8, 4) is 0 Å². The van der Waals surface area contributed by atoms with Crippen LogP contribution in [0, 0.1) is 0 Å². The van der Waals surface area contributed by atoms with Crippen molar-refractivity contribution in [2.75, 3.05) is 18.1 Å². The van der Waals surface area contributed by atoms with Crippen LogP contribution < -0.4 is 11.1 Å². The number of hydrogen-bond acceptors (Lipinski definition) is 3. The second-order valence-corrected chi connectivity index (χ2v) is 6.31. The molecule has 1 atom stereocenters. The van der Waals surface area contributed by atoms with E-state index in [9.17, 15) is 5.11 Å². The summed E-state index contributed by atoms with van der Waals surface area (Å²) in [7, 11) is 0. The summed E-state index contributed by atoms with van der Waals surface area (Å²) in [4.78, 5) is 4.29. The molecule has 4 N–H and O–H groups in total. The Morgan fingerprint density at radius 1 is 1.41 bits per heavy atom. The first-order valence-corrected chi connectivity index (χ1v) is 7.70. The van der Waals surface area contributed by atoms with Gasteiger partial charge >= 0.3 is 0 Å². The third-order valence-electron chi connectivity index (χ3n) is 3.58. The van der Waals surface area contributed by atoms with Gasteiger partial charge in [0.1, 0.15) is 0 Å². The van der Waals surface area contributed by atoms with Crippen LogP contribution in [0.5, 0.6) is 0 Å². The van der Waals surface area contributed by atoms with E-state index in [1.165, 1.54) is 32.1 Å². The molecule has 2 fully saturated rings. The van der Waals surface area contributed by atoms with Gasteiger partial charge in [0.15, 0.2) is 5.96 Å². The quantitative estimate of drug-likeness (QED) is 0.523. The van der Waals surface area contributed by atoms with Crippen molar-refractivity contribution >= 4 is 17.7 Å². The predicted molar refractivity (Wildman–Crippen MR) is 73.4 cm³/mol. The first kappa shape index (κ1) is 13.0. The summed E-state index contributed by atoms with van der Waals surface area (Å²) in [6.07, 6.45) is 7.12. The number of thioether (sulfide) groups is 1. The molecule has 1 saturated heterocycles. The SMILES string of the molecule is NC(=NCC1(O)CCSC1)NC1CCCCC1. The zero-order valence-corrected chi connectivity index (χ0v) is 11.1. The molecule has 0 radical (unpaired) electrons. The summed E-state index contributed by atoms with van der Waals surface area (Å²) >= 11 is 1.79. The maximum absolute atomic E-state index is 10.1.